The SMILES string of the molecule is O=CC(NS(=O)(=O)[O-])[C@@H](O)[CH]C(O)COS(=O)(=O)O. The molecule has 0 saturated heterocycles. The standard InChI is InChI=1S/C6H12NO10S2/c8-2-5(7-18(11,12)13)6(10)1-4(9)3-17-19(14,15)16/h1-2,4-7,9-10H,3H2,(H,11,12,13)(H,14,15,16)/p-1/t4?,5?,6-/m0/s1. The minimum absolute atomic E-state index is 0.104. The lowest BCUT2D eigenvalue weighted by Crippen LogP contribution is -2.46. The molecule has 0 amide bonds. The number of aliphatic hydroxyl groups excluding tert-OH is 2. The maximum absolute atomic E-state index is 10.4. The van der Waals surface area contributed by atoms with Gasteiger partial charge in [-0.2, -0.15) is 8.42 Å². The molecular weight excluding hydrogens is 310 g/mol. The number of carbonyl (C=O) groups is 1. The second-order valence-electron chi connectivity index (χ2n) is 3.20. The summed E-state index contributed by atoms with van der Waals surface area (Å²) in [5.41, 5.74) is 0. The fourth-order valence-electron chi connectivity index (χ4n) is 0.903. The Labute approximate surface area is 109 Å². The Bertz CT molecular complexity index is 484. The number of hydrogen-bond acceptors (Lipinski definition) is 9. The van der Waals surface area contributed by atoms with Crippen LogP contribution in [0.25, 0.3) is 0 Å². The third-order valence-corrected chi connectivity index (χ3v) is 2.60. The molecule has 0 bridgehead atoms. The molecule has 4 N–H and O–H groups in total. The van der Waals surface area contributed by atoms with Gasteiger partial charge in [-0.1, -0.05) is 0 Å². The van der Waals surface area contributed by atoms with Crippen molar-refractivity contribution in [2.75, 3.05) is 6.61 Å². The fourth-order valence-corrected chi connectivity index (χ4v) is 1.74. The van der Waals surface area contributed by atoms with Crippen molar-refractivity contribution in [3.8, 4) is 0 Å². The number of carbonyl (C=O) groups excluding carboxylic acids is 1. The van der Waals surface area contributed by atoms with Crippen LogP contribution in [0.15, 0.2) is 0 Å². The molecule has 113 valence electrons. The van der Waals surface area contributed by atoms with Crippen LogP contribution in [0.3, 0.4) is 0 Å². The molecule has 0 aromatic carbocycles. The maximum Gasteiger partial charge on any atom is 0.397 e. The summed E-state index contributed by atoms with van der Waals surface area (Å²) in [5.74, 6) is 0. The number of aliphatic hydroxyl groups is 2. The topological polar surface area (TPSA) is 190 Å². The third kappa shape index (κ3) is 9.85. The molecule has 0 spiro atoms. The summed E-state index contributed by atoms with van der Waals surface area (Å²) < 4.78 is 64.4. The van der Waals surface area contributed by atoms with Crippen LogP contribution < -0.4 is 4.72 Å². The number of aldehydes is 1. The van der Waals surface area contributed by atoms with Crippen molar-refractivity contribution in [3.05, 3.63) is 6.42 Å². The quantitative estimate of drug-likeness (QED) is 0.243. The average molecular weight is 321 g/mol. The van der Waals surface area contributed by atoms with Crippen molar-refractivity contribution in [1.82, 2.24) is 4.72 Å². The van der Waals surface area contributed by atoms with Gasteiger partial charge >= 0.3 is 10.4 Å². The highest BCUT2D eigenvalue weighted by Gasteiger charge is 2.24. The first-order valence-electron chi connectivity index (χ1n) is 4.46. The van der Waals surface area contributed by atoms with Gasteiger partial charge in [0.25, 0.3) is 0 Å². The van der Waals surface area contributed by atoms with E-state index >= 15 is 0 Å². The largest absolute Gasteiger partial charge is 0.735 e. The van der Waals surface area contributed by atoms with Gasteiger partial charge in [0, 0.05) is 6.42 Å². The molecule has 0 heterocycles. The Balaban J connectivity index is 4.41. The highest BCUT2D eigenvalue weighted by atomic mass is 32.3. The van der Waals surface area contributed by atoms with Gasteiger partial charge in [0.2, 0.25) is 0 Å². The molecule has 0 fully saturated rings. The van der Waals surface area contributed by atoms with E-state index in [0.29, 0.717) is 6.42 Å². The summed E-state index contributed by atoms with van der Waals surface area (Å²) in [6, 6.07) is -1.86. The number of hydrogen-bond donors (Lipinski definition) is 4. The lowest BCUT2D eigenvalue weighted by molar-refractivity contribution is -0.111. The van der Waals surface area contributed by atoms with E-state index in [1.165, 1.54) is 4.72 Å². The molecule has 0 aromatic heterocycles. The summed E-state index contributed by atoms with van der Waals surface area (Å²) in [6.07, 6.45) is -3.24. The lowest BCUT2D eigenvalue weighted by Gasteiger charge is -2.22. The first-order chi connectivity index (χ1) is 8.44. The van der Waals surface area contributed by atoms with Crippen LogP contribution in [0.5, 0.6) is 0 Å². The van der Waals surface area contributed by atoms with Crippen molar-refractivity contribution in [2.24, 2.45) is 0 Å². The van der Waals surface area contributed by atoms with E-state index in [9.17, 15) is 31.3 Å². The summed E-state index contributed by atoms with van der Waals surface area (Å²) >= 11 is 0. The normalized spacial score (nSPS) is 17.7. The summed E-state index contributed by atoms with van der Waals surface area (Å²) in [5, 5.41) is 18.4. The molecule has 19 heavy (non-hydrogen) atoms. The van der Waals surface area contributed by atoms with Crippen molar-refractivity contribution in [1.29, 1.82) is 0 Å². The van der Waals surface area contributed by atoms with Crippen LogP contribution in [0.1, 0.15) is 0 Å². The first kappa shape index (κ1) is 18.3. The highest BCUT2D eigenvalue weighted by molar-refractivity contribution is 7.83. The minimum Gasteiger partial charge on any atom is -0.735 e. The zero-order valence-electron chi connectivity index (χ0n) is 9.11. The Morgan fingerprint density at radius 2 is 1.79 bits per heavy atom. The van der Waals surface area contributed by atoms with E-state index in [1.54, 1.807) is 0 Å². The molecule has 0 aromatic rings. The Morgan fingerprint density at radius 1 is 1.26 bits per heavy atom. The molecule has 1 radical (unpaired) electrons. The predicted molar refractivity (Wildman–Crippen MR) is 56.5 cm³/mol. The molecular formula is C6H11NO10S2-. The first-order valence-corrected chi connectivity index (χ1v) is 7.23. The molecule has 3 atom stereocenters. The van der Waals surface area contributed by atoms with E-state index in [0.717, 1.165) is 0 Å². The van der Waals surface area contributed by atoms with Gasteiger partial charge in [0.05, 0.1) is 18.8 Å². The van der Waals surface area contributed by atoms with Crippen LogP contribution in [-0.2, 0) is 29.7 Å². The van der Waals surface area contributed by atoms with Gasteiger partial charge in [0.15, 0.2) is 10.3 Å². The maximum atomic E-state index is 10.4. The molecule has 0 aliphatic heterocycles. The molecule has 0 aliphatic rings. The molecule has 0 saturated carbocycles. The summed E-state index contributed by atoms with van der Waals surface area (Å²) in [7, 11) is -9.81. The Kier molecular flexibility index (Phi) is 6.95. The zero-order chi connectivity index (χ0) is 15.3. The lowest BCUT2D eigenvalue weighted by atomic mass is 10.1. The number of nitrogens with one attached hydrogen (secondary N) is 1. The number of rotatable bonds is 9. The van der Waals surface area contributed by atoms with E-state index in [2.05, 4.69) is 4.18 Å². The molecule has 2 unspecified atom stereocenters. The molecule has 0 aliphatic carbocycles. The monoisotopic (exact) mass is 321 g/mol. The van der Waals surface area contributed by atoms with Gasteiger partial charge in [0.1, 0.15) is 12.3 Å². The average Bonchev–Trinajstić information content (AvgIpc) is 2.20. The predicted octanol–water partition coefficient (Wildman–Crippen LogP) is -3.65. The fraction of sp³-hybridized carbons (Fsp3) is 0.667. The highest BCUT2D eigenvalue weighted by Crippen LogP contribution is 2.03. The van der Waals surface area contributed by atoms with Crippen molar-refractivity contribution in [2.45, 2.75) is 18.2 Å². The van der Waals surface area contributed by atoms with Gasteiger partial charge in [-0.05, 0) is 0 Å². The van der Waals surface area contributed by atoms with Crippen LogP contribution in [0, 0.1) is 6.42 Å². The van der Waals surface area contributed by atoms with Crippen LogP contribution >= 0.6 is 0 Å². The third-order valence-electron chi connectivity index (χ3n) is 1.60. The van der Waals surface area contributed by atoms with E-state index in [4.69, 9.17) is 9.66 Å². The second-order valence-corrected chi connectivity index (χ2v) is 5.43. The molecule has 13 heteroatoms. The van der Waals surface area contributed by atoms with Gasteiger partial charge < -0.3 is 19.6 Å². The van der Waals surface area contributed by atoms with Gasteiger partial charge in [-0.15, -0.1) is 0 Å². The van der Waals surface area contributed by atoms with Crippen LogP contribution in [-0.4, -0.2) is 67.3 Å². The zero-order valence-corrected chi connectivity index (χ0v) is 10.7. The van der Waals surface area contributed by atoms with Gasteiger partial charge in [-0.25, -0.2) is 17.3 Å². The minimum atomic E-state index is -5.01. The molecule has 0 rings (SSSR count). The Hall–Kier alpha value is -0.670. The summed E-state index contributed by atoms with van der Waals surface area (Å²) in [6.45, 7) is -0.981. The molecule has 11 nitrogen and oxygen atoms in total. The van der Waals surface area contributed by atoms with E-state index in [-0.39, 0.29) is 6.29 Å². The smallest absolute Gasteiger partial charge is 0.397 e. The van der Waals surface area contributed by atoms with Crippen LogP contribution in [0.4, 0.5) is 0 Å². The second kappa shape index (κ2) is 7.20. The van der Waals surface area contributed by atoms with Gasteiger partial charge in [-0.3, -0.25) is 4.55 Å². The summed E-state index contributed by atoms with van der Waals surface area (Å²) in [4.78, 5) is 10.4. The van der Waals surface area contributed by atoms with E-state index in [1.807, 2.05) is 0 Å². The Morgan fingerprint density at radius 3 is 2.16 bits per heavy atom. The van der Waals surface area contributed by atoms with E-state index < -0.39 is 45.6 Å². The van der Waals surface area contributed by atoms with Crippen LogP contribution in [0.2, 0.25) is 0 Å². The van der Waals surface area contributed by atoms with Crippen molar-refractivity contribution >= 4 is 27.0 Å². The van der Waals surface area contributed by atoms with Crippen molar-refractivity contribution in [3.63, 3.8) is 0 Å². The van der Waals surface area contributed by atoms with Crippen molar-refractivity contribution < 1.29 is 45.1 Å².